The molecule has 1 unspecified atom stereocenters. The van der Waals surface area contributed by atoms with E-state index in [4.69, 9.17) is 10.6 Å². The Balaban J connectivity index is 1.69. The van der Waals surface area contributed by atoms with Gasteiger partial charge < -0.3 is 9.64 Å². The number of carbonyl (C=O) groups is 1. The number of morpholine rings is 1. The van der Waals surface area contributed by atoms with Gasteiger partial charge in [-0.15, -0.1) is 0 Å². The van der Waals surface area contributed by atoms with Gasteiger partial charge in [0, 0.05) is 38.6 Å². The lowest BCUT2D eigenvalue weighted by atomic mass is 10.2. The zero-order valence-electron chi connectivity index (χ0n) is 10.2. The molecule has 2 rings (SSSR count). The summed E-state index contributed by atoms with van der Waals surface area (Å²) in [5, 5.41) is 0. The van der Waals surface area contributed by atoms with Crippen molar-refractivity contribution >= 4 is 5.91 Å². The maximum absolute atomic E-state index is 11.1. The molecule has 2 saturated heterocycles. The lowest BCUT2D eigenvalue weighted by molar-refractivity contribution is -0.121. The highest BCUT2D eigenvalue weighted by molar-refractivity contribution is 5.75. The molecular weight excluding hydrogens is 220 g/mol. The van der Waals surface area contributed by atoms with Gasteiger partial charge in [0.25, 0.3) is 0 Å². The number of hydrogen-bond donors (Lipinski definition) is 2. The zero-order chi connectivity index (χ0) is 12.1. The molecule has 2 aliphatic rings. The average molecular weight is 242 g/mol. The Morgan fingerprint density at radius 1 is 1.35 bits per heavy atom. The van der Waals surface area contributed by atoms with Crippen molar-refractivity contribution in [2.75, 3.05) is 45.9 Å². The Morgan fingerprint density at radius 2 is 2.12 bits per heavy atom. The maximum atomic E-state index is 11.1. The normalized spacial score (nSPS) is 27.2. The summed E-state index contributed by atoms with van der Waals surface area (Å²) < 4.78 is 5.36. The van der Waals surface area contributed by atoms with Gasteiger partial charge in [-0.2, -0.15) is 0 Å². The quantitative estimate of drug-likeness (QED) is 0.367. The predicted octanol–water partition coefficient (Wildman–Crippen LogP) is -1.23. The van der Waals surface area contributed by atoms with E-state index in [1.165, 1.54) is 6.42 Å². The minimum absolute atomic E-state index is 0.0835. The lowest BCUT2D eigenvalue weighted by Gasteiger charge is -2.32. The van der Waals surface area contributed by atoms with Crippen LogP contribution in [0.3, 0.4) is 0 Å². The minimum atomic E-state index is -0.0835. The van der Waals surface area contributed by atoms with Gasteiger partial charge >= 0.3 is 0 Å². The number of ether oxygens (including phenoxy) is 1. The summed E-state index contributed by atoms with van der Waals surface area (Å²) in [5.74, 6) is 4.98. The number of nitrogens with two attached hydrogens (primary N) is 1. The van der Waals surface area contributed by atoms with Crippen molar-refractivity contribution in [3.63, 3.8) is 0 Å². The van der Waals surface area contributed by atoms with E-state index in [-0.39, 0.29) is 5.91 Å². The third-order valence-corrected chi connectivity index (χ3v) is 3.63. The fourth-order valence-electron chi connectivity index (χ4n) is 2.59. The highest BCUT2D eigenvalue weighted by atomic mass is 16.5. The van der Waals surface area contributed by atoms with Crippen molar-refractivity contribution in [1.29, 1.82) is 0 Å². The molecule has 6 heteroatoms. The zero-order valence-corrected chi connectivity index (χ0v) is 10.2. The van der Waals surface area contributed by atoms with Crippen LogP contribution in [0.15, 0.2) is 0 Å². The fourth-order valence-corrected chi connectivity index (χ4v) is 2.59. The monoisotopic (exact) mass is 242 g/mol. The van der Waals surface area contributed by atoms with Crippen molar-refractivity contribution in [3.05, 3.63) is 0 Å². The number of rotatable bonds is 4. The van der Waals surface area contributed by atoms with Crippen molar-refractivity contribution in [1.82, 2.24) is 15.2 Å². The predicted molar refractivity (Wildman–Crippen MR) is 64.2 cm³/mol. The van der Waals surface area contributed by atoms with E-state index in [1.807, 2.05) is 0 Å². The van der Waals surface area contributed by atoms with Gasteiger partial charge in [0.15, 0.2) is 0 Å². The number of hydrogen-bond acceptors (Lipinski definition) is 5. The summed E-state index contributed by atoms with van der Waals surface area (Å²) in [5.41, 5.74) is 2.17. The van der Waals surface area contributed by atoms with Gasteiger partial charge in [-0.3, -0.25) is 15.1 Å². The number of hydrazine groups is 1. The molecule has 1 atom stereocenters. The molecule has 17 heavy (non-hydrogen) atoms. The molecule has 0 radical (unpaired) electrons. The second-order valence-electron chi connectivity index (χ2n) is 4.71. The SMILES string of the molecule is NNC(=O)CCN1CCC(N2CCOCC2)C1. The average Bonchev–Trinajstić information content (AvgIpc) is 2.86. The summed E-state index contributed by atoms with van der Waals surface area (Å²) in [7, 11) is 0. The van der Waals surface area contributed by atoms with E-state index >= 15 is 0 Å². The van der Waals surface area contributed by atoms with E-state index in [2.05, 4.69) is 15.2 Å². The van der Waals surface area contributed by atoms with E-state index in [0.29, 0.717) is 12.5 Å². The Bertz CT molecular complexity index is 256. The summed E-state index contributed by atoms with van der Waals surface area (Å²) in [6.45, 7) is 6.75. The smallest absolute Gasteiger partial charge is 0.235 e. The van der Waals surface area contributed by atoms with Crippen LogP contribution in [0.25, 0.3) is 0 Å². The van der Waals surface area contributed by atoms with Crippen LogP contribution in [0.5, 0.6) is 0 Å². The van der Waals surface area contributed by atoms with Crippen molar-refractivity contribution in [2.45, 2.75) is 18.9 Å². The van der Waals surface area contributed by atoms with Crippen LogP contribution in [0, 0.1) is 0 Å². The summed E-state index contributed by atoms with van der Waals surface area (Å²) >= 11 is 0. The van der Waals surface area contributed by atoms with Crippen molar-refractivity contribution in [2.24, 2.45) is 5.84 Å². The third kappa shape index (κ3) is 3.64. The standard InChI is InChI=1S/C11H22N4O2/c12-13-11(16)2-4-14-3-1-10(9-14)15-5-7-17-8-6-15/h10H,1-9,12H2,(H,13,16). The van der Waals surface area contributed by atoms with Crippen LogP contribution >= 0.6 is 0 Å². The molecule has 2 heterocycles. The van der Waals surface area contributed by atoms with Crippen LogP contribution in [-0.4, -0.2) is 67.7 Å². The lowest BCUT2D eigenvalue weighted by Crippen LogP contribution is -2.44. The minimum Gasteiger partial charge on any atom is -0.379 e. The van der Waals surface area contributed by atoms with Gasteiger partial charge in [0.05, 0.1) is 13.2 Å². The number of nitrogens with one attached hydrogen (secondary N) is 1. The summed E-state index contributed by atoms with van der Waals surface area (Å²) in [6, 6.07) is 0.639. The second kappa shape index (κ2) is 6.30. The van der Waals surface area contributed by atoms with Gasteiger partial charge in [0.2, 0.25) is 5.91 Å². The Labute approximate surface area is 102 Å². The van der Waals surface area contributed by atoms with Gasteiger partial charge in [0.1, 0.15) is 0 Å². The first-order chi connectivity index (χ1) is 8.29. The van der Waals surface area contributed by atoms with Crippen LogP contribution in [0.2, 0.25) is 0 Å². The van der Waals surface area contributed by atoms with E-state index in [9.17, 15) is 4.79 Å². The largest absolute Gasteiger partial charge is 0.379 e. The number of likely N-dealkylation sites (tertiary alicyclic amines) is 1. The van der Waals surface area contributed by atoms with Gasteiger partial charge in [-0.1, -0.05) is 0 Å². The topological polar surface area (TPSA) is 70.8 Å². The van der Waals surface area contributed by atoms with Gasteiger partial charge in [-0.25, -0.2) is 5.84 Å². The molecule has 0 aliphatic carbocycles. The molecule has 3 N–H and O–H groups in total. The molecule has 2 fully saturated rings. The van der Waals surface area contributed by atoms with Crippen LogP contribution < -0.4 is 11.3 Å². The molecule has 0 saturated carbocycles. The molecule has 2 aliphatic heterocycles. The molecule has 98 valence electrons. The summed E-state index contributed by atoms with van der Waals surface area (Å²) in [6.07, 6.45) is 1.69. The number of amides is 1. The fraction of sp³-hybridized carbons (Fsp3) is 0.909. The highest BCUT2D eigenvalue weighted by Crippen LogP contribution is 2.16. The third-order valence-electron chi connectivity index (χ3n) is 3.63. The highest BCUT2D eigenvalue weighted by Gasteiger charge is 2.28. The molecule has 0 aromatic rings. The number of carbonyl (C=O) groups excluding carboxylic acids is 1. The van der Waals surface area contributed by atoms with Gasteiger partial charge in [-0.05, 0) is 13.0 Å². The number of nitrogens with zero attached hydrogens (tertiary/aromatic N) is 2. The van der Waals surface area contributed by atoms with E-state index in [0.717, 1.165) is 45.9 Å². The Morgan fingerprint density at radius 3 is 2.82 bits per heavy atom. The first-order valence-electron chi connectivity index (χ1n) is 6.33. The molecule has 6 nitrogen and oxygen atoms in total. The molecule has 0 bridgehead atoms. The molecule has 0 aromatic heterocycles. The van der Waals surface area contributed by atoms with Crippen molar-refractivity contribution in [3.8, 4) is 0 Å². The summed E-state index contributed by atoms with van der Waals surface area (Å²) in [4.78, 5) is 15.9. The molecule has 1 amide bonds. The second-order valence-corrected chi connectivity index (χ2v) is 4.71. The first kappa shape index (κ1) is 12.8. The maximum Gasteiger partial charge on any atom is 0.235 e. The Kier molecular flexibility index (Phi) is 4.73. The Hall–Kier alpha value is -0.690. The van der Waals surface area contributed by atoms with E-state index in [1.54, 1.807) is 0 Å². The molecule has 0 aromatic carbocycles. The van der Waals surface area contributed by atoms with Crippen LogP contribution in [0.4, 0.5) is 0 Å². The van der Waals surface area contributed by atoms with E-state index < -0.39 is 0 Å². The molecule has 0 spiro atoms. The first-order valence-corrected chi connectivity index (χ1v) is 6.33. The van der Waals surface area contributed by atoms with Crippen LogP contribution in [-0.2, 0) is 9.53 Å². The molecular formula is C11H22N4O2. The van der Waals surface area contributed by atoms with Crippen LogP contribution in [0.1, 0.15) is 12.8 Å². The van der Waals surface area contributed by atoms with Crippen molar-refractivity contribution < 1.29 is 9.53 Å².